The molecule has 0 aliphatic heterocycles. The zero-order valence-corrected chi connectivity index (χ0v) is 16.9. The van der Waals surface area contributed by atoms with Gasteiger partial charge in [0.05, 0.1) is 30.7 Å². The van der Waals surface area contributed by atoms with E-state index in [-0.39, 0.29) is 0 Å². The number of ether oxygens (including phenoxy) is 1. The first-order valence-electron chi connectivity index (χ1n) is 9.52. The van der Waals surface area contributed by atoms with E-state index >= 15 is 0 Å². The lowest BCUT2D eigenvalue weighted by Crippen LogP contribution is -2.37. The highest BCUT2D eigenvalue weighted by molar-refractivity contribution is 5.94. The van der Waals surface area contributed by atoms with Crippen molar-refractivity contribution in [1.29, 1.82) is 0 Å². The van der Waals surface area contributed by atoms with Gasteiger partial charge >= 0.3 is 12.0 Å². The standard InChI is InChI=1S/C22H20N6O3/c1-14-10-17(8-9-23-14)28-18-13-24-19(11-16(18)12-25-28)26-22(30)27-20(21(29)31-2)15-6-4-3-5-7-15/h3-13,20H,1-2H3,(H2,24,26,27,30). The summed E-state index contributed by atoms with van der Waals surface area (Å²) in [5.41, 5.74) is 3.14. The minimum Gasteiger partial charge on any atom is -0.467 e. The molecule has 156 valence electrons. The lowest BCUT2D eigenvalue weighted by Gasteiger charge is -2.17. The lowest BCUT2D eigenvalue weighted by atomic mass is 10.1. The molecule has 9 heteroatoms. The molecule has 0 aliphatic carbocycles. The van der Waals surface area contributed by atoms with Crippen LogP contribution in [0.2, 0.25) is 0 Å². The predicted octanol–water partition coefficient (Wildman–Crippen LogP) is 3.16. The van der Waals surface area contributed by atoms with Crippen LogP contribution < -0.4 is 10.6 Å². The summed E-state index contributed by atoms with van der Waals surface area (Å²) in [6, 6.07) is 12.8. The van der Waals surface area contributed by atoms with Crippen LogP contribution in [0.1, 0.15) is 17.3 Å². The van der Waals surface area contributed by atoms with Crippen molar-refractivity contribution in [1.82, 2.24) is 25.1 Å². The number of nitrogens with zero attached hydrogens (tertiary/aromatic N) is 4. The van der Waals surface area contributed by atoms with Crippen LogP contribution in [0.3, 0.4) is 0 Å². The van der Waals surface area contributed by atoms with Crippen molar-refractivity contribution < 1.29 is 14.3 Å². The Kier molecular flexibility index (Phi) is 5.57. The zero-order chi connectivity index (χ0) is 21.8. The summed E-state index contributed by atoms with van der Waals surface area (Å²) in [7, 11) is 1.27. The van der Waals surface area contributed by atoms with E-state index < -0.39 is 18.0 Å². The van der Waals surface area contributed by atoms with Crippen LogP contribution in [0.5, 0.6) is 0 Å². The maximum atomic E-state index is 12.5. The molecule has 0 spiro atoms. The first-order chi connectivity index (χ1) is 15.0. The summed E-state index contributed by atoms with van der Waals surface area (Å²) in [6.07, 6.45) is 5.04. The minimum absolute atomic E-state index is 0.326. The summed E-state index contributed by atoms with van der Waals surface area (Å²) >= 11 is 0. The molecule has 2 N–H and O–H groups in total. The molecular formula is C22H20N6O3. The van der Waals surface area contributed by atoms with Crippen molar-refractivity contribution in [3.63, 3.8) is 0 Å². The Morgan fingerprint density at radius 2 is 1.87 bits per heavy atom. The van der Waals surface area contributed by atoms with E-state index in [1.54, 1.807) is 53.6 Å². The maximum Gasteiger partial charge on any atom is 0.333 e. The Balaban J connectivity index is 1.53. The Morgan fingerprint density at radius 3 is 2.61 bits per heavy atom. The summed E-state index contributed by atoms with van der Waals surface area (Å²) in [5, 5.41) is 10.5. The molecule has 0 radical (unpaired) electrons. The van der Waals surface area contributed by atoms with Gasteiger partial charge in [-0.15, -0.1) is 0 Å². The van der Waals surface area contributed by atoms with Crippen LogP contribution in [-0.2, 0) is 9.53 Å². The van der Waals surface area contributed by atoms with Gasteiger partial charge in [-0.1, -0.05) is 30.3 Å². The number of esters is 1. The third-order valence-corrected chi connectivity index (χ3v) is 4.67. The van der Waals surface area contributed by atoms with E-state index in [2.05, 4.69) is 25.7 Å². The van der Waals surface area contributed by atoms with Crippen LogP contribution in [0.4, 0.5) is 10.6 Å². The normalized spacial score (nSPS) is 11.7. The fraction of sp³-hybridized carbons (Fsp3) is 0.136. The van der Waals surface area contributed by atoms with Gasteiger partial charge in [0.25, 0.3) is 0 Å². The Labute approximate surface area is 178 Å². The highest BCUT2D eigenvalue weighted by Gasteiger charge is 2.23. The molecule has 4 aromatic rings. The number of amides is 2. The molecule has 0 saturated heterocycles. The van der Waals surface area contributed by atoms with Gasteiger partial charge in [-0.25, -0.2) is 19.3 Å². The Bertz CT molecular complexity index is 1240. The topological polar surface area (TPSA) is 111 Å². The van der Waals surface area contributed by atoms with Crippen LogP contribution in [-0.4, -0.2) is 38.9 Å². The number of aryl methyl sites for hydroxylation is 1. The number of nitrogens with one attached hydrogen (secondary N) is 2. The number of carbonyl (C=O) groups excluding carboxylic acids is 2. The van der Waals surface area contributed by atoms with Crippen molar-refractivity contribution in [3.8, 4) is 5.69 Å². The molecular weight excluding hydrogens is 396 g/mol. The van der Waals surface area contributed by atoms with E-state index in [4.69, 9.17) is 4.74 Å². The number of hydrogen-bond donors (Lipinski definition) is 2. The number of hydrogen-bond acceptors (Lipinski definition) is 6. The first kappa shape index (κ1) is 20.0. The first-order valence-corrected chi connectivity index (χ1v) is 9.52. The fourth-order valence-corrected chi connectivity index (χ4v) is 3.19. The molecule has 3 aromatic heterocycles. The van der Waals surface area contributed by atoms with E-state index in [9.17, 15) is 9.59 Å². The molecule has 1 atom stereocenters. The summed E-state index contributed by atoms with van der Waals surface area (Å²) in [4.78, 5) is 33.2. The third kappa shape index (κ3) is 4.35. The number of methoxy groups -OCH3 is 1. The van der Waals surface area contributed by atoms with Gasteiger partial charge in [-0.3, -0.25) is 10.3 Å². The van der Waals surface area contributed by atoms with Crippen LogP contribution >= 0.6 is 0 Å². The number of rotatable bonds is 5. The number of benzene rings is 1. The lowest BCUT2D eigenvalue weighted by molar-refractivity contribution is -0.143. The number of fused-ring (bicyclic) bond motifs is 1. The average molecular weight is 416 g/mol. The number of anilines is 1. The van der Waals surface area contributed by atoms with Crippen LogP contribution in [0, 0.1) is 6.92 Å². The molecule has 1 aromatic carbocycles. The molecule has 0 bridgehead atoms. The number of aromatic nitrogens is 4. The zero-order valence-electron chi connectivity index (χ0n) is 16.9. The molecule has 2 amide bonds. The number of pyridine rings is 2. The number of urea groups is 1. The summed E-state index contributed by atoms with van der Waals surface area (Å²) in [5.74, 6) is -0.245. The van der Waals surface area contributed by atoms with E-state index in [0.717, 1.165) is 22.3 Å². The fourth-order valence-electron chi connectivity index (χ4n) is 3.19. The van der Waals surface area contributed by atoms with Gasteiger partial charge in [0.1, 0.15) is 5.82 Å². The molecule has 0 saturated carbocycles. The quantitative estimate of drug-likeness (QED) is 0.484. The maximum absolute atomic E-state index is 12.5. The summed E-state index contributed by atoms with van der Waals surface area (Å²) in [6.45, 7) is 1.91. The van der Waals surface area contributed by atoms with Crippen molar-refractivity contribution in [2.24, 2.45) is 0 Å². The van der Waals surface area contributed by atoms with Crippen molar-refractivity contribution in [2.75, 3.05) is 12.4 Å². The van der Waals surface area contributed by atoms with Crippen LogP contribution in [0.25, 0.3) is 16.6 Å². The van der Waals surface area contributed by atoms with Gasteiger partial charge < -0.3 is 10.1 Å². The predicted molar refractivity (Wildman–Crippen MR) is 115 cm³/mol. The Hall–Kier alpha value is -4.27. The smallest absolute Gasteiger partial charge is 0.333 e. The van der Waals surface area contributed by atoms with Gasteiger partial charge in [0, 0.05) is 17.3 Å². The van der Waals surface area contributed by atoms with Gasteiger partial charge in [0.2, 0.25) is 0 Å². The van der Waals surface area contributed by atoms with E-state index in [1.807, 2.05) is 25.1 Å². The summed E-state index contributed by atoms with van der Waals surface area (Å²) < 4.78 is 6.57. The third-order valence-electron chi connectivity index (χ3n) is 4.67. The molecule has 1 unspecified atom stereocenters. The van der Waals surface area contributed by atoms with Crippen LogP contribution in [0.15, 0.2) is 67.1 Å². The van der Waals surface area contributed by atoms with Crippen molar-refractivity contribution in [3.05, 3.63) is 78.4 Å². The highest BCUT2D eigenvalue weighted by atomic mass is 16.5. The highest BCUT2D eigenvalue weighted by Crippen LogP contribution is 2.20. The monoisotopic (exact) mass is 416 g/mol. The van der Waals surface area contributed by atoms with Crippen molar-refractivity contribution in [2.45, 2.75) is 13.0 Å². The van der Waals surface area contributed by atoms with Gasteiger partial charge in [-0.2, -0.15) is 5.10 Å². The van der Waals surface area contributed by atoms with Gasteiger partial charge in [0.15, 0.2) is 6.04 Å². The van der Waals surface area contributed by atoms with E-state index in [0.29, 0.717) is 11.4 Å². The largest absolute Gasteiger partial charge is 0.467 e. The minimum atomic E-state index is -0.937. The molecule has 0 fully saturated rings. The molecule has 3 heterocycles. The Morgan fingerprint density at radius 1 is 1.06 bits per heavy atom. The second kappa shape index (κ2) is 8.62. The second-order valence-electron chi connectivity index (χ2n) is 6.81. The van der Waals surface area contributed by atoms with Gasteiger partial charge in [-0.05, 0) is 30.7 Å². The SMILES string of the molecule is COC(=O)C(NC(=O)Nc1cc2cnn(-c3ccnc(C)c3)c2cn1)c1ccccc1. The molecule has 31 heavy (non-hydrogen) atoms. The molecule has 4 rings (SSSR count). The molecule has 9 nitrogen and oxygen atoms in total. The average Bonchev–Trinajstić information content (AvgIpc) is 3.21. The van der Waals surface area contributed by atoms with E-state index in [1.165, 1.54) is 7.11 Å². The van der Waals surface area contributed by atoms with Crippen molar-refractivity contribution >= 4 is 28.7 Å². The number of carbonyl (C=O) groups is 2. The second-order valence-corrected chi connectivity index (χ2v) is 6.81. The molecule has 0 aliphatic rings.